The number of rotatable bonds is 4. The third kappa shape index (κ3) is 3.32. The highest BCUT2D eigenvalue weighted by atomic mass is 79.9. The van der Waals surface area contributed by atoms with Gasteiger partial charge in [-0.2, -0.15) is 0 Å². The van der Waals surface area contributed by atoms with Crippen molar-refractivity contribution in [3.05, 3.63) is 33.8 Å². The van der Waals surface area contributed by atoms with Crippen LogP contribution < -0.4 is 5.73 Å². The van der Waals surface area contributed by atoms with Crippen LogP contribution in [0.4, 0.5) is 0 Å². The molecular weight excluding hydrogens is 250 g/mol. The van der Waals surface area contributed by atoms with Crippen molar-refractivity contribution in [2.24, 2.45) is 11.7 Å². The maximum absolute atomic E-state index is 6.26. The molecule has 0 bridgehead atoms. The van der Waals surface area contributed by atoms with Gasteiger partial charge in [0.15, 0.2) is 0 Å². The van der Waals surface area contributed by atoms with Crippen LogP contribution >= 0.6 is 15.9 Å². The summed E-state index contributed by atoms with van der Waals surface area (Å²) >= 11 is 3.57. The molecular formula is C13H20BrN. The van der Waals surface area contributed by atoms with Crippen molar-refractivity contribution in [3.63, 3.8) is 0 Å². The van der Waals surface area contributed by atoms with Crippen LogP contribution in [0, 0.1) is 12.8 Å². The van der Waals surface area contributed by atoms with E-state index in [1.165, 1.54) is 24.0 Å². The Morgan fingerprint density at radius 1 is 1.40 bits per heavy atom. The molecule has 2 unspecified atom stereocenters. The van der Waals surface area contributed by atoms with E-state index in [1.807, 2.05) is 0 Å². The van der Waals surface area contributed by atoms with E-state index in [0.29, 0.717) is 5.92 Å². The second-order valence-corrected chi connectivity index (χ2v) is 5.17. The van der Waals surface area contributed by atoms with Crippen LogP contribution in [0.25, 0.3) is 0 Å². The number of hydrogen-bond acceptors (Lipinski definition) is 1. The monoisotopic (exact) mass is 269 g/mol. The minimum absolute atomic E-state index is 0.138. The third-order valence-electron chi connectivity index (χ3n) is 2.87. The Labute approximate surface area is 101 Å². The van der Waals surface area contributed by atoms with Gasteiger partial charge in [-0.3, -0.25) is 0 Å². The average molecular weight is 270 g/mol. The van der Waals surface area contributed by atoms with E-state index in [2.05, 4.69) is 54.9 Å². The largest absolute Gasteiger partial charge is 0.324 e. The van der Waals surface area contributed by atoms with Crippen LogP contribution in [0.1, 0.15) is 43.9 Å². The summed E-state index contributed by atoms with van der Waals surface area (Å²) in [5.74, 6) is 0.535. The van der Waals surface area contributed by atoms with E-state index < -0.39 is 0 Å². The summed E-state index contributed by atoms with van der Waals surface area (Å²) in [5, 5.41) is 0. The van der Waals surface area contributed by atoms with Crippen molar-refractivity contribution in [1.29, 1.82) is 0 Å². The summed E-state index contributed by atoms with van der Waals surface area (Å²) in [7, 11) is 0. The molecule has 1 nitrogen and oxygen atoms in total. The minimum Gasteiger partial charge on any atom is -0.324 e. The summed E-state index contributed by atoms with van der Waals surface area (Å²) in [4.78, 5) is 0. The van der Waals surface area contributed by atoms with Crippen LogP contribution in [0.3, 0.4) is 0 Å². The predicted molar refractivity (Wildman–Crippen MR) is 69.9 cm³/mol. The molecule has 0 fully saturated rings. The summed E-state index contributed by atoms with van der Waals surface area (Å²) in [6, 6.07) is 6.51. The molecule has 0 spiro atoms. The fourth-order valence-corrected chi connectivity index (χ4v) is 2.37. The standard InChI is InChI=1S/C13H20BrN/c1-4-5-10(3)13(15)11-8-9(2)6-7-12(11)14/h6-8,10,13H,4-5,15H2,1-3H3. The lowest BCUT2D eigenvalue weighted by Crippen LogP contribution is -2.19. The maximum Gasteiger partial charge on any atom is 0.0332 e. The van der Waals surface area contributed by atoms with Crippen LogP contribution in [0.15, 0.2) is 22.7 Å². The zero-order valence-electron chi connectivity index (χ0n) is 9.76. The summed E-state index contributed by atoms with van der Waals surface area (Å²) < 4.78 is 1.13. The zero-order valence-corrected chi connectivity index (χ0v) is 11.3. The highest BCUT2D eigenvalue weighted by Crippen LogP contribution is 2.29. The van der Waals surface area contributed by atoms with E-state index in [9.17, 15) is 0 Å². The molecule has 0 aliphatic heterocycles. The van der Waals surface area contributed by atoms with Crippen molar-refractivity contribution >= 4 is 15.9 Å². The van der Waals surface area contributed by atoms with Gasteiger partial charge < -0.3 is 5.73 Å². The number of benzene rings is 1. The highest BCUT2D eigenvalue weighted by Gasteiger charge is 2.16. The molecule has 0 aromatic heterocycles. The highest BCUT2D eigenvalue weighted by molar-refractivity contribution is 9.10. The number of halogens is 1. The fraction of sp³-hybridized carbons (Fsp3) is 0.538. The molecule has 0 aliphatic carbocycles. The lowest BCUT2D eigenvalue weighted by molar-refractivity contribution is 0.432. The molecule has 0 aliphatic rings. The van der Waals surface area contributed by atoms with E-state index in [4.69, 9.17) is 5.73 Å². The van der Waals surface area contributed by atoms with Gasteiger partial charge in [-0.15, -0.1) is 0 Å². The van der Waals surface area contributed by atoms with Gasteiger partial charge in [0.2, 0.25) is 0 Å². The van der Waals surface area contributed by atoms with E-state index in [1.54, 1.807) is 0 Å². The van der Waals surface area contributed by atoms with Gasteiger partial charge in [0, 0.05) is 10.5 Å². The quantitative estimate of drug-likeness (QED) is 0.872. The second-order valence-electron chi connectivity index (χ2n) is 4.32. The van der Waals surface area contributed by atoms with Crippen LogP contribution in [-0.4, -0.2) is 0 Å². The molecule has 0 heterocycles. The lowest BCUT2D eigenvalue weighted by atomic mass is 9.91. The fourth-order valence-electron chi connectivity index (χ4n) is 1.86. The molecule has 0 amide bonds. The maximum atomic E-state index is 6.26. The van der Waals surface area contributed by atoms with Gasteiger partial charge in [-0.25, -0.2) is 0 Å². The van der Waals surface area contributed by atoms with Gasteiger partial charge in [-0.1, -0.05) is 53.9 Å². The van der Waals surface area contributed by atoms with Gasteiger partial charge in [0.1, 0.15) is 0 Å². The summed E-state index contributed by atoms with van der Waals surface area (Å²) in [6.07, 6.45) is 2.37. The van der Waals surface area contributed by atoms with Crippen molar-refractivity contribution in [2.45, 2.75) is 39.7 Å². The molecule has 0 radical (unpaired) electrons. The topological polar surface area (TPSA) is 26.0 Å². The molecule has 2 N–H and O–H groups in total. The minimum atomic E-state index is 0.138. The summed E-state index contributed by atoms with van der Waals surface area (Å²) in [6.45, 7) is 6.53. The Bertz CT molecular complexity index is 322. The predicted octanol–water partition coefficient (Wildman–Crippen LogP) is 4.19. The first-order chi connectivity index (χ1) is 7.06. The Balaban J connectivity index is 2.89. The smallest absolute Gasteiger partial charge is 0.0332 e. The van der Waals surface area contributed by atoms with E-state index >= 15 is 0 Å². The Morgan fingerprint density at radius 2 is 2.07 bits per heavy atom. The molecule has 1 rings (SSSR count). The molecule has 0 saturated heterocycles. The Morgan fingerprint density at radius 3 is 2.67 bits per heavy atom. The molecule has 0 saturated carbocycles. The SMILES string of the molecule is CCCC(C)C(N)c1cc(C)ccc1Br. The van der Waals surface area contributed by atoms with Crippen LogP contribution in [0.2, 0.25) is 0 Å². The molecule has 2 atom stereocenters. The van der Waals surface area contributed by atoms with Crippen molar-refractivity contribution in [2.75, 3.05) is 0 Å². The number of nitrogens with two attached hydrogens (primary N) is 1. The number of hydrogen-bond donors (Lipinski definition) is 1. The zero-order chi connectivity index (χ0) is 11.4. The third-order valence-corrected chi connectivity index (χ3v) is 3.59. The normalized spacial score (nSPS) is 15.0. The second kappa shape index (κ2) is 5.66. The molecule has 15 heavy (non-hydrogen) atoms. The van der Waals surface area contributed by atoms with Crippen LogP contribution in [0.5, 0.6) is 0 Å². The van der Waals surface area contributed by atoms with Crippen molar-refractivity contribution < 1.29 is 0 Å². The van der Waals surface area contributed by atoms with Gasteiger partial charge in [-0.05, 0) is 30.9 Å². The molecule has 1 aromatic rings. The van der Waals surface area contributed by atoms with E-state index in [-0.39, 0.29) is 6.04 Å². The van der Waals surface area contributed by atoms with Gasteiger partial charge >= 0.3 is 0 Å². The lowest BCUT2D eigenvalue weighted by Gasteiger charge is -2.21. The van der Waals surface area contributed by atoms with E-state index in [0.717, 1.165) is 4.47 Å². The summed E-state index contributed by atoms with van der Waals surface area (Å²) in [5.41, 5.74) is 8.77. The molecule has 1 aromatic carbocycles. The number of aryl methyl sites for hydroxylation is 1. The molecule has 2 heteroatoms. The van der Waals surface area contributed by atoms with Gasteiger partial charge in [0.25, 0.3) is 0 Å². The van der Waals surface area contributed by atoms with Gasteiger partial charge in [0.05, 0.1) is 0 Å². The van der Waals surface area contributed by atoms with Crippen molar-refractivity contribution in [3.8, 4) is 0 Å². The first-order valence-electron chi connectivity index (χ1n) is 5.58. The molecule has 84 valence electrons. The first-order valence-corrected chi connectivity index (χ1v) is 6.37. The van der Waals surface area contributed by atoms with Crippen LogP contribution in [-0.2, 0) is 0 Å². The first kappa shape index (κ1) is 12.7. The Hall–Kier alpha value is -0.340. The van der Waals surface area contributed by atoms with Crippen molar-refractivity contribution in [1.82, 2.24) is 0 Å². The Kier molecular flexibility index (Phi) is 4.81. The average Bonchev–Trinajstić information content (AvgIpc) is 2.21.